The van der Waals surface area contributed by atoms with Gasteiger partial charge in [0.25, 0.3) is 0 Å². The molecule has 1 aliphatic rings. The molecule has 1 N–H and O–H groups in total. The molecule has 0 aromatic rings. The van der Waals surface area contributed by atoms with E-state index in [1.165, 1.54) is 29.3 Å². The summed E-state index contributed by atoms with van der Waals surface area (Å²) in [6.45, 7) is 21.1. The molecule has 1 aliphatic carbocycles. The number of hydrogen-bond acceptors (Lipinski definition) is 1. The first kappa shape index (κ1) is 23.2. The smallest absolute Gasteiger partial charge is 0.224 e. The van der Waals surface area contributed by atoms with E-state index in [4.69, 9.17) is 0 Å². The lowest BCUT2D eigenvalue weighted by molar-refractivity contribution is -0.120. The van der Waals surface area contributed by atoms with Crippen LogP contribution in [-0.2, 0) is 4.79 Å². The van der Waals surface area contributed by atoms with Crippen LogP contribution in [0.4, 0.5) is 0 Å². The second kappa shape index (κ2) is 9.36. The van der Waals surface area contributed by atoms with E-state index in [9.17, 15) is 4.79 Å². The molecule has 0 saturated heterocycles. The maximum atomic E-state index is 12.3. The van der Waals surface area contributed by atoms with Crippen molar-refractivity contribution in [3.8, 4) is 0 Å². The van der Waals surface area contributed by atoms with Crippen LogP contribution in [0.5, 0.6) is 0 Å². The molecule has 2 nitrogen and oxygen atoms in total. The predicted octanol–water partition coefficient (Wildman–Crippen LogP) is 6.75. The second-order valence-electron chi connectivity index (χ2n) is 9.63. The zero-order valence-corrected chi connectivity index (χ0v) is 20.7. The van der Waals surface area contributed by atoms with E-state index in [1.807, 2.05) is 6.92 Å². The zero-order chi connectivity index (χ0) is 20.1. The fraction of sp³-hybridized carbons (Fsp3) is 0.682. The van der Waals surface area contributed by atoms with Crippen molar-refractivity contribution in [1.29, 1.82) is 0 Å². The third-order valence-electron chi connectivity index (χ3n) is 5.00. The average molecular weight is 392 g/mol. The third-order valence-corrected chi connectivity index (χ3v) is 9.54. The number of rotatable bonds is 9. The van der Waals surface area contributed by atoms with Gasteiger partial charge in [-0.05, 0) is 30.0 Å². The Labute approximate surface area is 164 Å². The van der Waals surface area contributed by atoms with Crippen molar-refractivity contribution >= 4 is 22.1 Å². The van der Waals surface area contributed by atoms with Crippen LogP contribution in [0.2, 0.25) is 39.3 Å². The van der Waals surface area contributed by atoms with Crippen LogP contribution in [-0.4, -0.2) is 22.1 Å². The molecule has 0 atom stereocenters. The van der Waals surface area contributed by atoms with Gasteiger partial charge in [-0.3, -0.25) is 4.79 Å². The van der Waals surface area contributed by atoms with Gasteiger partial charge in [-0.15, -0.1) is 0 Å². The van der Waals surface area contributed by atoms with Gasteiger partial charge >= 0.3 is 0 Å². The van der Waals surface area contributed by atoms with Gasteiger partial charge in [0.2, 0.25) is 5.91 Å². The van der Waals surface area contributed by atoms with Crippen molar-refractivity contribution in [2.24, 2.45) is 0 Å². The number of allylic oxidation sites excluding steroid dienone is 5. The van der Waals surface area contributed by atoms with E-state index in [0.29, 0.717) is 6.42 Å². The Morgan fingerprint density at radius 1 is 0.962 bits per heavy atom. The monoisotopic (exact) mass is 391 g/mol. The van der Waals surface area contributed by atoms with E-state index >= 15 is 0 Å². The van der Waals surface area contributed by atoms with Crippen LogP contribution in [0.25, 0.3) is 0 Å². The van der Waals surface area contributed by atoms with Crippen LogP contribution in [0.3, 0.4) is 0 Å². The van der Waals surface area contributed by atoms with Crippen molar-refractivity contribution in [3.05, 3.63) is 33.3 Å². The first-order valence-corrected chi connectivity index (χ1v) is 17.4. The van der Waals surface area contributed by atoms with Gasteiger partial charge in [0.1, 0.15) is 0 Å². The summed E-state index contributed by atoms with van der Waals surface area (Å²) >= 11 is 0. The molecule has 0 saturated carbocycles. The summed E-state index contributed by atoms with van der Waals surface area (Å²) in [4.78, 5) is 12.3. The third kappa shape index (κ3) is 6.09. The fourth-order valence-electron chi connectivity index (χ4n) is 3.80. The fourth-order valence-corrected chi connectivity index (χ4v) is 9.61. The van der Waals surface area contributed by atoms with Gasteiger partial charge < -0.3 is 5.32 Å². The van der Waals surface area contributed by atoms with E-state index in [1.54, 1.807) is 10.8 Å². The highest BCUT2D eigenvalue weighted by Crippen LogP contribution is 2.42. The lowest BCUT2D eigenvalue weighted by atomic mass is 10.0. The molecule has 0 heterocycles. The topological polar surface area (TPSA) is 29.1 Å². The van der Waals surface area contributed by atoms with Gasteiger partial charge in [-0.2, -0.15) is 0 Å². The van der Waals surface area contributed by atoms with Crippen LogP contribution < -0.4 is 5.32 Å². The Balaban J connectivity index is 3.55. The van der Waals surface area contributed by atoms with Crippen LogP contribution >= 0.6 is 0 Å². The molecule has 0 spiro atoms. The maximum Gasteiger partial charge on any atom is 0.224 e. The maximum absolute atomic E-state index is 12.3. The molecule has 26 heavy (non-hydrogen) atoms. The minimum absolute atomic E-state index is 0.144. The molecular formula is C22H41NOSi2. The summed E-state index contributed by atoms with van der Waals surface area (Å²) in [5.74, 6) is 0.144. The molecule has 0 fully saturated rings. The summed E-state index contributed by atoms with van der Waals surface area (Å²) in [6, 6.07) is 0. The molecule has 0 aliphatic heterocycles. The first-order chi connectivity index (χ1) is 12.0. The lowest BCUT2D eigenvalue weighted by Crippen LogP contribution is -2.36. The highest BCUT2D eigenvalue weighted by molar-refractivity contribution is 6.90. The largest absolute Gasteiger partial charge is 0.326 e. The van der Waals surface area contributed by atoms with Crippen molar-refractivity contribution < 1.29 is 4.79 Å². The van der Waals surface area contributed by atoms with Crippen molar-refractivity contribution in [2.45, 2.75) is 98.6 Å². The van der Waals surface area contributed by atoms with Gasteiger partial charge in [-0.25, -0.2) is 0 Å². The Bertz CT molecular complexity index is 605. The molecule has 1 rings (SSSR count). The quantitative estimate of drug-likeness (QED) is 0.433. The zero-order valence-electron chi connectivity index (χ0n) is 18.7. The number of hydrogen-bond donors (Lipinski definition) is 1. The van der Waals surface area contributed by atoms with E-state index < -0.39 is 16.1 Å². The summed E-state index contributed by atoms with van der Waals surface area (Å²) in [5.41, 5.74) is 4.09. The molecule has 0 aromatic carbocycles. The first-order valence-electron chi connectivity index (χ1n) is 10.4. The Morgan fingerprint density at radius 3 is 1.88 bits per heavy atom. The predicted molar refractivity (Wildman–Crippen MR) is 122 cm³/mol. The molecule has 148 valence electrons. The molecule has 0 unspecified atom stereocenters. The van der Waals surface area contributed by atoms with Crippen LogP contribution in [0, 0.1) is 0 Å². The number of carbonyl (C=O) groups excluding carboxylic acids is 1. The number of amides is 1. The second-order valence-corrected chi connectivity index (χ2v) is 19.7. The Hall–Kier alpha value is -0.876. The van der Waals surface area contributed by atoms with Crippen molar-refractivity contribution in [3.63, 3.8) is 0 Å². The van der Waals surface area contributed by atoms with Gasteiger partial charge in [0.15, 0.2) is 0 Å². The Kier molecular flexibility index (Phi) is 8.34. The van der Waals surface area contributed by atoms with Gasteiger partial charge in [-0.1, -0.05) is 89.7 Å². The highest BCUT2D eigenvalue weighted by Gasteiger charge is 2.38. The Morgan fingerprint density at radius 2 is 1.50 bits per heavy atom. The molecule has 0 aromatic heterocycles. The van der Waals surface area contributed by atoms with Crippen molar-refractivity contribution in [1.82, 2.24) is 5.32 Å². The summed E-state index contributed by atoms with van der Waals surface area (Å²) < 4.78 is 0. The number of carbonyl (C=O) groups is 1. The van der Waals surface area contributed by atoms with Crippen LogP contribution in [0.1, 0.15) is 59.3 Å². The lowest BCUT2D eigenvalue weighted by Gasteiger charge is -2.29. The summed E-state index contributed by atoms with van der Waals surface area (Å²) in [6.07, 6.45) is 8.72. The van der Waals surface area contributed by atoms with Gasteiger partial charge in [0, 0.05) is 12.1 Å². The van der Waals surface area contributed by atoms with Crippen LogP contribution in [0.15, 0.2) is 33.3 Å². The molecule has 0 radical (unpaired) electrons. The highest BCUT2D eigenvalue weighted by atomic mass is 28.3. The van der Waals surface area contributed by atoms with Crippen molar-refractivity contribution in [2.75, 3.05) is 0 Å². The molecule has 0 bridgehead atoms. The normalized spacial score (nSPS) is 15.6. The number of nitrogens with one attached hydrogen (secondary N) is 1. The van der Waals surface area contributed by atoms with E-state index in [0.717, 1.165) is 19.3 Å². The molecular weight excluding hydrogens is 350 g/mol. The summed E-state index contributed by atoms with van der Waals surface area (Å²) in [5, 5.41) is 6.53. The SMILES string of the molecule is CCCC(=CC1=C(NC(=O)CC)C([Si](C)(C)C)=C([Si](C)(C)C)C1)CCC. The minimum atomic E-state index is -1.56. The molecule has 4 heteroatoms. The summed E-state index contributed by atoms with van der Waals surface area (Å²) in [7, 11) is -2.99. The molecule has 1 amide bonds. The average Bonchev–Trinajstić information content (AvgIpc) is 2.86. The van der Waals surface area contributed by atoms with Gasteiger partial charge in [0.05, 0.1) is 16.1 Å². The standard InChI is InChI=1S/C22H41NOSi2/c1-10-13-17(14-11-2)15-18-16-19(25(4,5)6)22(26(7,8)9)21(18)23-20(24)12-3/h15H,10-14,16H2,1-9H3,(H,23,24). The van der Waals surface area contributed by atoms with E-state index in [-0.39, 0.29) is 5.91 Å². The minimum Gasteiger partial charge on any atom is -0.326 e. The van der Waals surface area contributed by atoms with E-state index in [2.05, 4.69) is 64.5 Å².